The highest BCUT2D eigenvalue weighted by Crippen LogP contribution is 2.39. The summed E-state index contributed by atoms with van der Waals surface area (Å²) in [5, 5.41) is 12.8. The van der Waals surface area contributed by atoms with Gasteiger partial charge in [0.2, 0.25) is 0 Å². The van der Waals surface area contributed by atoms with Crippen molar-refractivity contribution >= 4 is 34.4 Å². The van der Waals surface area contributed by atoms with Crippen LogP contribution in [0.3, 0.4) is 0 Å². The number of pyridine rings is 1. The van der Waals surface area contributed by atoms with Crippen molar-refractivity contribution in [1.82, 2.24) is 24.8 Å². The first-order valence-corrected chi connectivity index (χ1v) is 17.9. The quantitative estimate of drug-likeness (QED) is 0.125. The number of H-pyrrole nitrogens is 1. The molecular formula is C39H38F2N6O2S. The molecule has 0 aliphatic carbocycles. The average molecular weight is 693 g/mol. The first-order chi connectivity index (χ1) is 24.3. The lowest BCUT2D eigenvalue weighted by Crippen LogP contribution is -2.39. The summed E-state index contributed by atoms with van der Waals surface area (Å²) in [6.07, 6.45) is 9.12. The van der Waals surface area contributed by atoms with E-state index in [1.165, 1.54) is 54.0 Å². The standard InChI is InChI=1S/C39H38F2N6O2S/c1-24-29-7-3-5-25(30(29)12-17-47(24)39(48)27(22-42)19-36-43-13-18-50-36)6-4-14-46-15-10-26(11-16-46)34-21-32-37(33(41)23-44-38(32)45-34)31-20-28(40)8-9-35(31)49-2/h3,5,7-9,13,18-21,23-24,26H,4,6,10-12,14-17H2,1-2H3,(H,44,45). The van der Waals surface area contributed by atoms with E-state index in [2.05, 4.69) is 44.1 Å². The van der Waals surface area contributed by atoms with Crippen LogP contribution < -0.4 is 4.74 Å². The Labute approximate surface area is 294 Å². The van der Waals surface area contributed by atoms with Gasteiger partial charge in [-0.25, -0.2) is 18.7 Å². The fraction of sp³-hybridized carbons (Fsp3) is 0.333. The number of rotatable bonds is 9. The fourth-order valence-electron chi connectivity index (χ4n) is 7.58. The Balaban J connectivity index is 0.968. The average Bonchev–Trinajstić information content (AvgIpc) is 3.81. The summed E-state index contributed by atoms with van der Waals surface area (Å²) in [7, 11) is 1.49. The summed E-state index contributed by atoms with van der Waals surface area (Å²) in [4.78, 5) is 29.6. The maximum atomic E-state index is 15.2. The number of carbonyl (C=O) groups excluding carboxylic acids is 1. The second-order valence-electron chi connectivity index (χ2n) is 13.0. The number of nitrogens with zero attached hydrogens (tertiary/aromatic N) is 5. The molecule has 0 spiro atoms. The normalized spacial score (nSPS) is 17.1. The summed E-state index contributed by atoms with van der Waals surface area (Å²) in [6, 6.07) is 14.4. The van der Waals surface area contributed by atoms with E-state index in [4.69, 9.17) is 4.74 Å². The van der Waals surface area contributed by atoms with Crippen molar-refractivity contribution in [3.63, 3.8) is 0 Å². The molecule has 0 bridgehead atoms. The van der Waals surface area contributed by atoms with Crippen LogP contribution in [0.1, 0.15) is 65.5 Å². The first kappa shape index (κ1) is 33.6. The molecule has 0 saturated carbocycles. The molecule has 50 heavy (non-hydrogen) atoms. The van der Waals surface area contributed by atoms with Gasteiger partial charge < -0.3 is 19.5 Å². The Morgan fingerprint density at radius 1 is 1.16 bits per heavy atom. The lowest BCUT2D eigenvalue weighted by Gasteiger charge is -2.36. The van der Waals surface area contributed by atoms with Crippen molar-refractivity contribution in [1.29, 1.82) is 5.26 Å². The summed E-state index contributed by atoms with van der Waals surface area (Å²) in [6.45, 7) is 5.53. The van der Waals surface area contributed by atoms with Gasteiger partial charge in [0, 0.05) is 46.2 Å². The Hall–Kier alpha value is -4.92. The number of piperidine rings is 1. The molecule has 1 amide bonds. The number of aromatic amines is 1. The number of halogens is 2. The van der Waals surface area contributed by atoms with Gasteiger partial charge in [0.1, 0.15) is 39.7 Å². The van der Waals surface area contributed by atoms with E-state index in [0.29, 0.717) is 39.5 Å². The van der Waals surface area contributed by atoms with E-state index >= 15 is 4.39 Å². The van der Waals surface area contributed by atoms with Gasteiger partial charge in [-0.2, -0.15) is 5.26 Å². The highest BCUT2D eigenvalue weighted by molar-refractivity contribution is 7.10. The molecule has 5 heterocycles. The number of aryl methyl sites for hydroxylation is 1. The molecule has 2 aliphatic rings. The fourth-order valence-corrected chi connectivity index (χ4v) is 8.15. The number of benzene rings is 2. The van der Waals surface area contributed by atoms with Crippen LogP contribution in [0.5, 0.6) is 5.75 Å². The molecule has 8 nitrogen and oxygen atoms in total. The smallest absolute Gasteiger partial charge is 0.265 e. The molecule has 0 radical (unpaired) electrons. The number of hydrogen-bond acceptors (Lipinski definition) is 7. The van der Waals surface area contributed by atoms with Crippen LogP contribution >= 0.6 is 11.3 Å². The molecule has 256 valence electrons. The van der Waals surface area contributed by atoms with Gasteiger partial charge in [-0.15, -0.1) is 11.3 Å². The molecule has 5 aromatic rings. The van der Waals surface area contributed by atoms with E-state index < -0.39 is 11.6 Å². The van der Waals surface area contributed by atoms with Crippen molar-refractivity contribution in [2.24, 2.45) is 0 Å². The number of methoxy groups -OCH3 is 1. The van der Waals surface area contributed by atoms with E-state index in [1.807, 2.05) is 18.4 Å². The first-order valence-electron chi connectivity index (χ1n) is 17.0. The monoisotopic (exact) mass is 692 g/mol. The second-order valence-corrected chi connectivity index (χ2v) is 13.9. The van der Waals surface area contributed by atoms with Crippen LogP contribution in [0.2, 0.25) is 0 Å². The summed E-state index contributed by atoms with van der Waals surface area (Å²) in [5.74, 6) is -0.536. The minimum atomic E-state index is -0.519. The van der Waals surface area contributed by atoms with Crippen molar-refractivity contribution in [3.8, 4) is 22.9 Å². The van der Waals surface area contributed by atoms with Gasteiger partial charge in [0.15, 0.2) is 0 Å². The van der Waals surface area contributed by atoms with Gasteiger partial charge in [-0.05, 0) is 106 Å². The number of carbonyl (C=O) groups is 1. The Bertz CT molecular complexity index is 2100. The number of amides is 1. The van der Waals surface area contributed by atoms with Gasteiger partial charge >= 0.3 is 0 Å². The highest BCUT2D eigenvalue weighted by atomic mass is 32.1. The third-order valence-corrected chi connectivity index (χ3v) is 10.9. The molecule has 2 aliphatic heterocycles. The predicted molar refractivity (Wildman–Crippen MR) is 191 cm³/mol. The van der Waals surface area contributed by atoms with Crippen LogP contribution in [-0.2, 0) is 17.6 Å². The molecular weight excluding hydrogens is 655 g/mol. The van der Waals surface area contributed by atoms with Gasteiger partial charge in [0.25, 0.3) is 5.91 Å². The lowest BCUT2D eigenvalue weighted by molar-refractivity contribution is -0.129. The summed E-state index contributed by atoms with van der Waals surface area (Å²) in [5.41, 5.74) is 6.18. The minimum absolute atomic E-state index is 0.111. The Morgan fingerprint density at radius 2 is 2.00 bits per heavy atom. The number of nitriles is 1. The molecule has 1 atom stereocenters. The molecule has 1 unspecified atom stereocenters. The van der Waals surface area contributed by atoms with Crippen molar-refractivity contribution in [3.05, 3.63) is 105 Å². The minimum Gasteiger partial charge on any atom is -0.496 e. The van der Waals surface area contributed by atoms with Gasteiger partial charge in [-0.1, -0.05) is 18.2 Å². The zero-order valence-corrected chi connectivity index (χ0v) is 28.9. The van der Waals surface area contributed by atoms with E-state index in [1.54, 1.807) is 17.2 Å². The number of thiazole rings is 1. The summed E-state index contributed by atoms with van der Waals surface area (Å²) >= 11 is 1.40. The van der Waals surface area contributed by atoms with E-state index in [9.17, 15) is 14.4 Å². The molecule has 7 rings (SSSR count). The number of nitrogens with one attached hydrogen (secondary N) is 1. The highest BCUT2D eigenvalue weighted by Gasteiger charge is 2.31. The number of ether oxygens (including phenoxy) is 1. The maximum absolute atomic E-state index is 15.2. The van der Waals surface area contributed by atoms with Crippen molar-refractivity contribution in [2.45, 2.75) is 51.0 Å². The SMILES string of the molecule is COc1ccc(F)cc1-c1c(F)cnc2[nH]c(C3CCN(CCCc4cccc5c4CCN(C(=O)C(C#N)=Cc4nccs4)C5C)CC3)cc12. The molecule has 3 aromatic heterocycles. The van der Waals surface area contributed by atoms with Crippen LogP contribution in [0.15, 0.2) is 65.8 Å². The number of aromatic nitrogens is 3. The maximum Gasteiger partial charge on any atom is 0.265 e. The van der Waals surface area contributed by atoms with Gasteiger partial charge in [-0.3, -0.25) is 4.79 Å². The molecule has 2 aromatic carbocycles. The molecule has 11 heteroatoms. The third kappa shape index (κ3) is 6.65. The third-order valence-electron chi connectivity index (χ3n) is 10.2. The summed E-state index contributed by atoms with van der Waals surface area (Å²) < 4.78 is 34.8. The van der Waals surface area contributed by atoms with Crippen LogP contribution in [0.25, 0.3) is 28.2 Å². The largest absolute Gasteiger partial charge is 0.496 e. The van der Waals surface area contributed by atoms with Crippen LogP contribution in [0, 0.1) is 23.0 Å². The zero-order chi connectivity index (χ0) is 34.8. The Kier molecular flexibility index (Phi) is 9.74. The van der Waals surface area contributed by atoms with Gasteiger partial charge in [0.05, 0.1) is 19.3 Å². The second kappa shape index (κ2) is 14.5. The van der Waals surface area contributed by atoms with Crippen molar-refractivity contribution in [2.75, 3.05) is 33.3 Å². The van der Waals surface area contributed by atoms with E-state index in [-0.39, 0.29) is 23.4 Å². The molecule has 1 fully saturated rings. The molecule has 1 saturated heterocycles. The van der Waals surface area contributed by atoms with E-state index in [0.717, 1.165) is 63.0 Å². The number of fused-ring (bicyclic) bond motifs is 2. The van der Waals surface area contributed by atoms with Crippen molar-refractivity contribution < 1.29 is 18.3 Å². The molecule has 1 N–H and O–H groups in total. The van der Waals surface area contributed by atoms with Crippen LogP contribution in [0.4, 0.5) is 8.78 Å². The lowest BCUT2D eigenvalue weighted by atomic mass is 9.87. The van der Waals surface area contributed by atoms with Crippen LogP contribution in [-0.4, -0.2) is 63.9 Å². The number of likely N-dealkylation sites (tertiary alicyclic amines) is 1. The zero-order valence-electron chi connectivity index (χ0n) is 28.1. The number of hydrogen-bond donors (Lipinski definition) is 1. The Morgan fingerprint density at radius 3 is 2.76 bits per heavy atom. The topological polar surface area (TPSA) is 98.1 Å². The predicted octanol–water partition coefficient (Wildman–Crippen LogP) is 7.84.